The van der Waals surface area contributed by atoms with Crippen LogP contribution in [0.4, 0.5) is 0 Å². The third-order valence-electron chi connectivity index (χ3n) is 3.07. The van der Waals surface area contributed by atoms with Gasteiger partial charge in [0.1, 0.15) is 0 Å². The quantitative estimate of drug-likeness (QED) is 0.844. The molecule has 0 aromatic carbocycles. The maximum Gasteiger partial charge on any atom is 0.0242 e. The summed E-state index contributed by atoms with van der Waals surface area (Å²) in [5.41, 5.74) is 1.47. The highest BCUT2D eigenvalue weighted by Gasteiger charge is 2.17. The summed E-state index contributed by atoms with van der Waals surface area (Å²) in [4.78, 5) is 2.57. The highest BCUT2D eigenvalue weighted by atomic mass is 32.1. The lowest BCUT2D eigenvalue weighted by atomic mass is 10.0. The van der Waals surface area contributed by atoms with Crippen LogP contribution in [0, 0.1) is 0 Å². The van der Waals surface area contributed by atoms with E-state index in [-0.39, 0.29) is 0 Å². The van der Waals surface area contributed by atoms with E-state index in [4.69, 9.17) is 0 Å². The van der Waals surface area contributed by atoms with Gasteiger partial charge in [0.25, 0.3) is 0 Å². The minimum atomic E-state index is 0.758. The minimum Gasteiger partial charge on any atom is -0.314 e. The predicted molar refractivity (Wildman–Crippen MR) is 66.3 cm³/mol. The molecule has 15 heavy (non-hydrogen) atoms. The first-order valence-corrected chi connectivity index (χ1v) is 6.79. The fourth-order valence-corrected chi connectivity index (χ4v) is 2.88. The van der Waals surface area contributed by atoms with E-state index in [9.17, 15) is 0 Å². The maximum absolute atomic E-state index is 3.54. The van der Waals surface area contributed by atoms with E-state index >= 15 is 0 Å². The van der Waals surface area contributed by atoms with Crippen LogP contribution in [0.15, 0.2) is 16.8 Å². The second-order valence-corrected chi connectivity index (χ2v) is 5.02. The molecule has 2 nitrogen and oxygen atoms in total. The molecule has 0 saturated carbocycles. The van der Waals surface area contributed by atoms with Crippen LogP contribution in [0.1, 0.15) is 25.3 Å². The van der Waals surface area contributed by atoms with Gasteiger partial charge in [-0.3, -0.25) is 4.90 Å². The first-order chi connectivity index (χ1) is 7.38. The smallest absolute Gasteiger partial charge is 0.0242 e. The van der Waals surface area contributed by atoms with Gasteiger partial charge in [0.05, 0.1) is 0 Å². The van der Waals surface area contributed by atoms with Crippen LogP contribution >= 0.6 is 11.3 Å². The number of piperidine rings is 1. The van der Waals surface area contributed by atoms with Crippen molar-refractivity contribution in [3.05, 3.63) is 22.4 Å². The Kier molecular flexibility index (Phi) is 4.18. The van der Waals surface area contributed by atoms with Crippen molar-refractivity contribution in [2.75, 3.05) is 19.6 Å². The fourth-order valence-electron chi connectivity index (χ4n) is 2.22. The molecule has 2 rings (SSSR count). The molecule has 0 radical (unpaired) electrons. The van der Waals surface area contributed by atoms with Crippen LogP contribution in [0.25, 0.3) is 0 Å². The lowest BCUT2D eigenvalue weighted by molar-refractivity contribution is 0.192. The van der Waals surface area contributed by atoms with Crippen molar-refractivity contribution in [3.8, 4) is 0 Å². The van der Waals surface area contributed by atoms with Crippen molar-refractivity contribution in [2.45, 2.75) is 32.4 Å². The molecule has 0 unspecified atom stereocenters. The molecule has 3 heteroatoms. The molecular formula is C12H20N2S. The molecule has 84 valence electrons. The number of nitrogens with zero attached hydrogens (tertiary/aromatic N) is 1. The third-order valence-corrected chi connectivity index (χ3v) is 3.80. The van der Waals surface area contributed by atoms with Gasteiger partial charge in [-0.25, -0.2) is 0 Å². The normalized spacial score (nSPS) is 19.5. The zero-order valence-corrected chi connectivity index (χ0v) is 10.2. The second-order valence-electron chi connectivity index (χ2n) is 4.24. The van der Waals surface area contributed by atoms with E-state index in [0.29, 0.717) is 0 Å². The highest BCUT2D eigenvalue weighted by Crippen LogP contribution is 2.15. The average Bonchev–Trinajstić information content (AvgIpc) is 2.74. The van der Waals surface area contributed by atoms with E-state index in [2.05, 4.69) is 34.0 Å². The molecular weight excluding hydrogens is 204 g/mol. The van der Waals surface area contributed by atoms with Crippen LogP contribution in [0.2, 0.25) is 0 Å². The number of rotatable bonds is 4. The van der Waals surface area contributed by atoms with Gasteiger partial charge in [-0.2, -0.15) is 11.3 Å². The lowest BCUT2D eigenvalue weighted by Crippen LogP contribution is -2.41. The fraction of sp³-hybridized carbons (Fsp3) is 0.667. The summed E-state index contributed by atoms with van der Waals surface area (Å²) in [5.74, 6) is 0. The van der Waals surface area contributed by atoms with Crippen molar-refractivity contribution in [2.24, 2.45) is 0 Å². The summed E-state index contributed by atoms with van der Waals surface area (Å²) in [7, 11) is 0. The Morgan fingerprint density at radius 2 is 2.27 bits per heavy atom. The van der Waals surface area contributed by atoms with Crippen molar-refractivity contribution in [1.82, 2.24) is 10.2 Å². The molecule has 0 atom stereocenters. The third kappa shape index (κ3) is 3.30. The van der Waals surface area contributed by atoms with E-state index < -0.39 is 0 Å². The van der Waals surface area contributed by atoms with Gasteiger partial charge in [0.15, 0.2) is 0 Å². The average molecular weight is 224 g/mol. The van der Waals surface area contributed by atoms with Gasteiger partial charge in [0.2, 0.25) is 0 Å². The minimum absolute atomic E-state index is 0.758. The number of nitrogens with one attached hydrogen (secondary N) is 1. The summed E-state index contributed by atoms with van der Waals surface area (Å²) in [6.07, 6.45) is 2.61. The SMILES string of the molecule is CCNC1CCN(Cc2ccsc2)CC1. The highest BCUT2D eigenvalue weighted by molar-refractivity contribution is 7.07. The van der Waals surface area contributed by atoms with Gasteiger partial charge in [-0.05, 0) is 54.9 Å². The molecule has 1 N–H and O–H groups in total. The summed E-state index contributed by atoms with van der Waals surface area (Å²) < 4.78 is 0. The molecule has 1 fully saturated rings. The number of likely N-dealkylation sites (tertiary alicyclic amines) is 1. The molecule has 1 aromatic rings. The van der Waals surface area contributed by atoms with Crippen LogP contribution in [-0.2, 0) is 6.54 Å². The molecule has 2 heterocycles. The Labute approximate surface area is 96.3 Å². The summed E-state index contributed by atoms with van der Waals surface area (Å²) in [5, 5.41) is 7.97. The van der Waals surface area contributed by atoms with Crippen molar-refractivity contribution in [1.29, 1.82) is 0 Å². The summed E-state index contributed by atoms with van der Waals surface area (Å²) >= 11 is 1.80. The molecule has 1 saturated heterocycles. The van der Waals surface area contributed by atoms with Crippen LogP contribution < -0.4 is 5.32 Å². The first kappa shape index (κ1) is 11.1. The van der Waals surface area contributed by atoms with E-state index in [1.165, 1.54) is 31.5 Å². The number of hydrogen-bond donors (Lipinski definition) is 1. The maximum atomic E-state index is 3.54. The van der Waals surface area contributed by atoms with Crippen molar-refractivity contribution >= 4 is 11.3 Å². The topological polar surface area (TPSA) is 15.3 Å². The molecule has 0 amide bonds. The molecule has 0 spiro atoms. The monoisotopic (exact) mass is 224 g/mol. The molecule has 1 aliphatic rings. The predicted octanol–water partition coefficient (Wildman–Crippen LogP) is 2.32. The largest absolute Gasteiger partial charge is 0.314 e. The van der Waals surface area contributed by atoms with Crippen LogP contribution in [0.5, 0.6) is 0 Å². The van der Waals surface area contributed by atoms with Crippen molar-refractivity contribution in [3.63, 3.8) is 0 Å². The summed E-state index contributed by atoms with van der Waals surface area (Å²) in [6, 6.07) is 3.00. The summed E-state index contributed by atoms with van der Waals surface area (Å²) in [6.45, 7) is 6.93. The first-order valence-electron chi connectivity index (χ1n) is 5.85. The Hall–Kier alpha value is -0.380. The van der Waals surface area contributed by atoms with Gasteiger partial charge < -0.3 is 5.32 Å². The van der Waals surface area contributed by atoms with Gasteiger partial charge in [-0.1, -0.05) is 6.92 Å². The Bertz CT molecular complexity index is 263. The number of hydrogen-bond acceptors (Lipinski definition) is 3. The molecule has 1 aromatic heterocycles. The zero-order chi connectivity index (χ0) is 10.5. The number of thiophene rings is 1. The molecule has 1 aliphatic heterocycles. The standard InChI is InChI=1S/C12H20N2S/c1-2-13-12-3-6-14(7-4-12)9-11-5-8-15-10-11/h5,8,10,12-13H,2-4,6-7,9H2,1H3. The lowest BCUT2D eigenvalue weighted by Gasteiger charge is -2.32. The van der Waals surface area contributed by atoms with Gasteiger partial charge in [0, 0.05) is 12.6 Å². The van der Waals surface area contributed by atoms with E-state index in [1.807, 2.05) is 0 Å². The molecule has 0 aliphatic carbocycles. The van der Waals surface area contributed by atoms with E-state index in [0.717, 1.165) is 19.1 Å². The Morgan fingerprint density at radius 1 is 1.47 bits per heavy atom. The zero-order valence-electron chi connectivity index (χ0n) is 9.41. The second kappa shape index (κ2) is 5.64. The van der Waals surface area contributed by atoms with Crippen LogP contribution in [0.3, 0.4) is 0 Å². The van der Waals surface area contributed by atoms with Crippen LogP contribution in [-0.4, -0.2) is 30.6 Å². The van der Waals surface area contributed by atoms with Gasteiger partial charge in [-0.15, -0.1) is 0 Å². The Balaban J connectivity index is 1.74. The van der Waals surface area contributed by atoms with Crippen molar-refractivity contribution < 1.29 is 0 Å². The van der Waals surface area contributed by atoms with Gasteiger partial charge >= 0.3 is 0 Å². The Morgan fingerprint density at radius 3 is 2.87 bits per heavy atom. The molecule has 0 bridgehead atoms. The van der Waals surface area contributed by atoms with E-state index in [1.54, 1.807) is 11.3 Å².